The number of furan rings is 2. The highest BCUT2D eigenvalue weighted by atomic mass is 32.1. The smallest absolute Gasteiger partial charge is 0.143 e. The predicted molar refractivity (Wildman–Crippen MR) is 210 cm³/mol. The summed E-state index contributed by atoms with van der Waals surface area (Å²) in [5, 5.41) is 14.5. The summed E-state index contributed by atoms with van der Waals surface area (Å²) in [5.41, 5.74) is 9.20. The van der Waals surface area contributed by atoms with Crippen LogP contribution >= 0.6 is 11.3 Å². The van der Waals surface area contributed by atoms with Crippen LogP contribution in [0.3, 0.4) is 0 Å². The van der Waals surface area contributed by atoms with Crippen molar-refractivity contribution in [3.63, 3.8) is 0 Å². The summed E-state index contributed by atoms with van der Waals surface area (Å²) >= 11 is 1.82. The third-order valence-corrected chi connectivity index (χ3v) is 11.3. The molecule has 2 N–H and O–H groups in total. The van der Waals surface area contributed by atoms with E-state index in [0.717, 1.165) is 72.0 Å². The molecule has 2 atom stereocenters. The van der Waals surface area contributed by atoms with E-state index < -0.39 is 0 Å². The van der Waals surface area contributed by atoms with E-state index in [1.165, 1.54) is 25.7 Å². The molecule has 3 aromatic heterocycles. The molecule has 0 aliphatic carbocycles. The molecule has 11 rings (SSSR count). The second-order valence-corrected chi connectivity index (χ2v) is 14.2. The van der Waals surface area contributed by atoms with Crippen LogP contribution in [-0.2, 0) is 0 Å². The van der Waals surface area contributed by atoms with Gasteiger partial charge in [0.2, 0.25) is 0 Å². The van der Waals surface area contributed by atoms with Crippen LogP contribution in [0.5, 0.6) is 0 Å². The second kappa shape index (κ2) is 11.2. The first-order valence-electron chi connectivity index (χ1n) is 17.2. The topological polar surface area (TPSA) is 62.7 Å². The molecular weight excluding hydrogens is 647 g/mol. The first-order valence-corrected chi connectivity index (χ1v) is 18.0. The number of fused-ring (bicyclic) bond motifs is 9. The number of hydrogen-bond donors (Lipinski definition) is 2. The van der Waals surface area contributed by atoms with Crippen LogP contribution in [0, 0.1) is 0 Å². The van der Waals surface area contributed by atoms with Gasteiger partial charge < -0.3 is 14.2 Å². The lowest BCUT2D eigenvalue weighted by Gasteiger charge is -2.32. The van der Waals surface area contributed by atoms with Crippen molar-refractivity contribution in [1.29, 1.82) is 0 Å². The van der Waals surface area contributed by atoms with Crippen molar-refractivity contribution in [1.82, 2.24) is 10.6 Å². The van der Waals surface area contributed by atoms with Crippen molar-refractivity contribution < 1.29 is 8.83 Å². The van der Waals surface area contributed by atoms with Crippen LogP contribution in [-0.4, -0.2) is 5.84 Å². The molecule has 10 aromatic rings. The van der Waals surface area contributed by atoms with Gasteiger partial charge in [0.05, 0.1) is 0 Å². The number of amidine groups is 1. The van der Waals surface area contributed by atoms with Crippen LogP contribution in [0.15, 0.2) is 165 Å². The second-order valence-electron chi connectivity index (χ2n) is 13.2. The molecule has 0 saturated carbocycles. The molecule has 2 unspecified atom stereocenters. The monoisotopic (exact) mass is 675 g/mol. The quantitative estimate of drug-likeness (QED) is 0.195. The Morgan fingerprint density at radius 3 is 2.10 bits per heavy atom. The minimum absolute atomic E-state index is 0.172. The Balaban J connectivity index is 1.03. The number of nitrogens with zero attached hydrogens (tertiary/aromatic N) is 1. The van der Waals surface area contributed by atoms with E-state index in [-0.39, 0.29) is 12.3 Å². The normalized spacial score (nSPS) is 16.4. The average Bonchev–Trinajstić information content (AvgIpc) is 3.88. The third kappa shape index (κ3) is 4.54. The van der Waals surface area contributed by atoms with Crippen molar-refractivity contribution >= 4 is 81.2 Å². The van der Waals surface area contributed by atoms with E-state index in [2.05, 4.69) is 132 Å². The minimum atomic E-state index is -0.262. The van der Waals surface area contributed by atoms with Crippen molar-refractivity contribution in [2.75, 3.05) is 0 Å². The zero-order valence-corrected chi connectivity index (χ0v) is 28.1. The first-order chi connectivity index (χ1) is 25.2. The zero-order valence-electron chi connectivity index (χ0n) is 27.3. The molecule has 0 spiro atoms. The van der Waals surface area contributed by atoms with Crippen LogP contribution in [0.4, 0.5) is 0 Å². The maximum absolute atomic E-state index is 6.48. The largest absolute Gasteiger partial charge is 0.456 e. The van der Waals surface area contributed by atoms with E-state index in [9.17, 15) is 0 Å². The minimum Gasteiger partial charge on any atom is -0.456 e. The van der Waals surface area contributed by atoms with Gasteiger partial charge in [0.1, 0.15) is 40.5 Å². The maximum Gasteiger partial charge on any atom is 0.143 e. The van der Waals surface area contributed by atoms with E-state index in [0.29, 0.717) is 0 Å². The molecule has 0 radical (unpaired) electrons. The number of hydrogen-bond acceptors (Lipinski definition) is 6. The standard InChI is InChI=1S/C45H29N3O2S/c1-2-10-26(11-3-1)43-46-44(27-21-23-38-35(24-27)30-13-5-6-17-36(30)49-38)48-45(47-43)28-20-22-34-40(25-28)51-39-19-9-14-31(41(34)39)33-16-8-15-32-29-12-4-7-18-37(29)50-42(32)33/h1-25,44-45,48H,(H,46,47). The Morgan fingerprint density at radius 1 is 0.510 bits per heavy atom. The number of rotatable bonds is 4. The molecule has 6 heteroatoms. The number of para-hydroxylation sites is 3. The van der Waals surface area contributed by atoms with Gasteiger partial charge >= 0.3 is 0 Å². The Labute approximate surface area is 296 Å². The highest BCUT2D eigenvalue weighted by Gasteiger charge is 2.27. The van der Waals surface area contributed by atoms with Crippen molar-refractivity contribution in [3.05, 3.63) is 168 Å². The lowest BCUT2D eigenvalue weighted by molar-refractivity contribution is 0.409. The summed E-state index contributed by atoms with van der Waals surface area (Å²) in [7, 11) is 0. The zero-order chi connectivity index (χ0) is 33.5. The summed E-state index contributed by atoms with van der Waals surface area (Å²) in [6, 6.07) is 53.2. The molecule has 7 aromatic carbocycles. The SMILES string of the molecule is c1ccc(C2=NC(c3ccc4c(c3)sc3cccc(-c5cccc6c5oc5ccccc56)c34)NC(c3ccc4oc5ccccc5c4c3)N2)cc1. The van der Waals surface area contributed by atoms with E-state index in [1.54, 1.807) is 0 Å². The van der Waals surface area contributed by atoms with Crippen molar-refractivity contribution in [2.45, 2.75) is 12.3 Å². The van der Waals surface area contributed by atoms with Gasteiger partial charge in [-0.2, -0.15) is 0 Å². The first kappa shape index (κ1) is 28.6. The van der Waals surface area contributed by atoms with E-state index >= 15 is 0 Å². The Bertz CT molecular complexity index is 3010. The molecule has 5 nitrogen and oxygen atoms in total. The number of aliphatic imine (C=N–C) groups is 1. The molecule has 0 bridgehead atoms. The molecule has 1 aliphatic rings. The van der Waals surface area contributed by atoms with Gasteiger partial charge in [0.25, 0.3) is 0 Å². The van der Waals surface area contributed by atoms with Gasteiger partial charge in [-0.3, -0.25) is 5.32 Å². The molecule has 0 fully saturated rings. The van der Waals surface area contributed by atoms with Gasteiger partial charge in [-0.25, -0.2) is 4.99 Å². The fourth-order valence-electron chi connectivity index (χ4n) is 7.76. The van der Waals surface area contributed by atoms with Gasteiger partial charge in [-0.15, -0.1) is 11.3 Å². The van der Waals surface area contributed by atoms with Crippen molar-refractivity contribution in [3.8, 4) is 11.1 Å². The van der Waals surface area contributed by atoms with Crippen LogP contribution < -0.4 is 10.6 Å². The Hall–Kier alpha value is -6.21. The molecular formula is C45H29N3O2S. The van der Waals surface area contributed by atoms with Gasteiger partial charge in [-0.1, -0.05) is 115 Å². The Kier molecular flexibility index (Phi) is 6.26. The average molecular weight is 676 g/mol. The maximum atomic E-state index is 6.48. The predicted octanol–water partition coefficient (Wildman–Crippen LogP) is 11.9. The van der Waals surface area contributed by atoms with Crippen LogP contribution in [0.25, 0.3) is 75.2 Å². The summed E-state index contributed by atoms with van der Waals surface area (Å²) in [4.78, 5) is 5.25. The van der Waals surface area contributed by atoms with Gasteiger partial charge in [-0.05, 0) is 53.1 Å². The highest BCUT2D eigenvalue weighted by molar-refractivity contribution is 7.26. The van der Waals surface area contributed by atoms with E-state index in [1.807, 2.05) is 41.7 Å². The number of benzene rings is 7. The molecule has 242 valence electrons. The molecule has 1 aliphatic heterocycles. The number of thiophene rings is 1. The summed E-state index contributed by atoms with van der Waals surface area (Å²) in [5.74, 6) is 0.860. The van der Waals surface area contributed by atoms with Crippen molar-refractivity contribution in [2.24, 2.45) is 4.99 Å². The molecule has 0 amide bonds. The fourth-order valence-corrected chi connectivity index (χ4v) is 8.94. The molecule has 0 saturated heterocycles. The summed E-state index contributed by atoms with van der Waals surface area (Å²) in [6.45, 7) is 0. The molecule has 4 heterocycles. The van der Waals surface area contributed by atoms with Gasteiger partial charge in [0, 0.05) is 52.8 Å². The summed E-state index contributed by atoms with van der Waals surface area (Å²) < 4.78 is 15.1. The fraction of sp³-hybridized carbons (Fsp3) is 0.0444. The highest BCUT2D eigenvalue weighted by Crippen LogP contribution is 2.44. The summed E-state index contributed by atoms with van der Waals surface area (Å²) in [6.07, 6.45) is -0.434. The van der Waals surface area contributed by atoms with Crippen LogP contribution in [0.2, 0.25) is 0 Å². The lowest BCUT2D eigenvalue weighted by atomic mass is 9.97. The third-order valence-electron chi connectivity index (χ3n) is 10.2. The van der Waals surface area contributed by atoms with Crippen LogP contribution in [0.1, 0.15) is 29.0 Å². The number of nitrogens with one attached hydrogen (secondary N) is 2. The van der Waals surface area contributed by atoms with E-state index in [4.69, 9.17) is 13.8 Å². The molecule has 51 heavy (non-hydrogen) atoms. The van der Waals surface area contributed by atoms with Gasteiger partial charge in [0.15, 0.2) is 0 Å². The Morgan fingerprint density at radius 2 is 1.22 bits per heavy atom. The lowest BCUT2D eigenvalue weighted by Crippen LogP contribution is -2.44.